The van der Waals surface area contributed by atoms with Crippen molar-refractivity contribution in [3.8, 4) is 0 Å². The monoisotopic (exact) mass is 558 g/mol. The van der Waals surface area contributed by atoms with Crippen LogP contribution in [0.3, 0.4) is 0 Å². The summed E-state index contributed by atoms with van der Waals surface area (Å²) < 4.78 is 16.8. The Bertz CT molecular complexity index is 848. The maximum absolute atomic E-state index is 14.8. The average molecular weight is 558 g/mol. The molecule has 10 heteroatoms. The minimum absolute atomic E-state index is 0. The van der Waals surface area contributed by atoms with Crippen molar-refractivity contribution in [1.29, 1.82) is 0 Å². The van der Waals surface area contributed by atoms with Crippen molar-refractivity contribution in [3.63, 3.8) is 0 Å². The summed E-state index contributed by atoms with van der Waals surface area (Å²) in [7, 11) is 0. The van der Waals surface area contributed by atoms with Gasteiger partial charge in [-0.1, -0.05) is 19.9 Å². The van der Waals surface area contributed by atoms with E-state index in [0.717, 1.165) is 63.6 Å². The smallest absolute Gasteiger partial charge is 0.191 e. The third kappa shape index (κ3) is 7.29. The van der Waals surface area contributed by atoms with Crippen molar-refractivity contribution in [2.75, 3.05) is 50.7 Å². The molecule has 8 nitrogen and oxygen atoms in total. The van der Waals surface area contributed by atoms with E-state index in [1.807, 2.05) is 23.6 Å². The highest BCUT2D eigenvalue weighted by atomic mass is 127. The Morgan fingerprint density at radius 1 is 1.12 bits per heavy atom. The molecule has 0 saturated carbocycles. The molecule has 0 atom stereocenters. The van der Waals surface area contributed by atoms with Crippen LogP contribution in [0.4, 0.5) is 10.1 Å². The van der Waals surface area contributed by atoms with Crippen molar-refractivity contribution < 1.29 is 4.39 Å². The van der Waals surface area contributed by atoms with Crippen LogP contribution in [0, 0.1) is 5.82 Å². The summed E-state index contributed by atoms with van der Waals surface area (Å²) in [5, 5.41) is 14.6. The molecule has 0 bridgehead atoms. The highest BCUT2D eigenvalue weighted by Gasteiger charge is 2.18. The number of hydrogen-bond donors (Lipinski definition) is 2. The van der Waals surface area contributed by atoms with Crippen LogP contribution < -0.4 is 15.5 Å². The van der Waals surface area contributed by atoms with Gasteiger partial charge in [-0.15, -0.1) is 34.2 Å². The minimum atomic E-state index is -0.171. The summed E-state index contributed by atoms with van der Waals surface area (Å²) in [6.45, 7) is 13.6. The second kappa shape index (κ2) is 13.6. The number of hydrogen-bond acceptors (Lipinski definition) is 5. The van der Waals surface area contributed by atoms with E-state index in [9.17, 15) is 4.39 Å². The molecule has 1 aromatic heterocycles. The topological polar surface area (TPSA) is 73.6 Å². The van der Waals surface area contributed by atoms with Gasteiger partial charge in [-0.05, 0) is 31.2 Å². The van der Waals surface area contributed by atoms with Gasteiger partial charge >= 0.3 is 0 Å². The second-order valence-electron chi connectivity index (χ2n) is 7.62. The highest BCUT2D eigenvalue weighted by Crippen LogP contribution is 2.22. The molecule has 0 radical (unpaired) electrons. The normalized spacial score (nSPS) is 14.9. The van der Waals surface area contributed by atoms with Crippen LogP contribution in [0.25, 0.3) is 0 Å². The summed E-state index contributed by atoms with van der Waals surface area (Å²) in [5.74, 6) is 1.51. The number of halogens is 2. The number of likely N-dealkylation sites (N-methyl/N-ethyl adjacent to an activating group) is 1. The molecule has 0 unspecified atom stereocenters. The van der Waals surface area contributed by atoms with Crippen LogP contribution in [0.5, 0.6) is 0 Å². The molecule has 0 spiro atoms. The predicted molar refractivity (Wildman–Crippen MR) is 138 cm³/mol. The first-order valence-electron chi connectivity index (χ1n) is 11.3. The number of nitrogens with one attached hydrogen (secondary N) is 2. The molecule has 0 aliphatic carbocycles. The highest BCUT2D eigenvalue weighted by molar-refractivity contribution is 14.0. The Kier molecular flexibility index (Phi) is 11.1. The summed E-state index contributed by atoms with van der Waals surface area (Å²) >= 11 is 0. The zero-order valence-electron chi connectivity index (χ0n) is 19.3. The molecule has 178 valence electrons. The van der Waals surface area contributed by atoms with E-state index in [4.69, 9.17) is 0 Å². The van der Waals surface area contributed by atoms with Crippen molar-refractivity contribution in [2.45, 2.75) is 40.3 Å². The molecular weight excluding hydrogens is 522 g/mol. The van der Waals surface area contributed by atoms with Crippen molar-refractivity contribution in [3.05, 3.63) is 41.7 Å². The largest absolute Gasteiger partial charge is 0.367 e. The zero-order valence-corrected chi connectivity index (χ0v) is 21.7. The number of nitrogens with zero attached hydrogens (tertiary/aromatic N) is 6. The fourth-order valence-electron chi connectivity index (χ4n) is 3.76. The van der Waals surface area contributed by atoms with E-state index in [-0.39, 0.29) is 29.8 Å². The standard InChI is InChI=1S/C22H35FN8.HI/c1-4-21-28-27-17-31(21)10-9-25-22(24-5-2)26-16-18-7-8-20(19(23)15-18)30-13-11-29(6-3)12-14-30;/h7-8,15,17H,4-6,9-14,16H2,1-3H3,(H2,24,25,26);1H. The fourth-order valence-corrected chi connectivity index (χ4v) is 3.76. The molecule has 1 aliphatic rings. The lowest BCUT2D eigenvalue weighted by Gasteiger charge is -2.35. The van der Waals surface area contributed by atoms with Gasteiger partial charge in [0.1, 0.15) is 18.0 Å². The maximum atomic E-state index is 14.8. The van der Waals surface area contributed by atoms with E-state index in [2.05, 4.69) is 49.5 Å². The van der Waals surface area contributed by atoms with Gasteiger partial charge in [-0.25, -0.2) is 9.38 Å². The Labute approximate surface area is 207 Å². The lowest BCUT2D eigenvalue weighted by molar-refractivity contribution is 0.270. The van der Waals surface area contributed by atoms with Crippen LogP contribution in [0.1, 0.15) is 32.2 Å². The van der Waals surface area contributed by atoms with Gasteiger partial charge < -0.3 is 25.0 Å². The van der Waals surface area contributed by atoms with Crippen LogP contribution in [0.15, 0.2) is 29.5 Å². The van der Waals surface area contributed by atoms with Crippen molar-refractivity contribution in [1.82, 2.24) is 30.3 Å². The summed E-state index contributed by atoms with van der Waals surface area (Å²) in [5.41, 5.74) is 1.55. The third-order valence-corrected chi connectivity index (χ3v) is 5.59. The Morgan fingerprint density at radius 2 is 1.91 bits per heavy atom. The number of anilines is 1. The van der Waals surface area contributed by atoms with Crippen molar-refractivity contribution in [2.24, 2.45) is 4.99 Å². The first kappa shape index (κ1) is 26.3. The van der Waals surface area contributed by atoms with Gasteiger partial charge in [-0.3, -0.25) is 0 Å². The number of piperazine rings is 1. The van der Waals surface area contributed by atoms with Crippen LogP contribution >= 0.6 is 24.0 Å². The molecule has 3 rings (SSSR count). The molecule has 2 aromatic rings. The fraction of sp³-hybridized carbons (Fsp3) is 0.591. The van der Waals surface area contributed by atoms with Gasteiger partial charge in [0.05, 0.1) is 12.2 Å². The molecular formula is C22H36FIN8. The van der Waals surface area contributed by atoms with E-state index in [1.165, 1.54) is 0 Å². The Morgan fingerprint density at radius 3 is 2.56 bits per heavy atom. The van der Waals surface area contributed by atoms with Gasteiger partial charge in [0, 0.05) is 52.2 Å². The number of guanidine groups is 1. The van der Waals surface area contributed by atoms with E-state index < -0.39 is 0 Å². The molecule has 1 aromatic carbocycles. The molecule has 0 amide bonds. The van der Waals surface area contributed by atoms with Crippen LogP contribution in [-0.2, 0) is 19.5 Å². The number of aliphatic imine (C=N–C) groups is 1. The first-order valence-corrected chi connectivity index (χ1v) is 11.3. The summed E-state index contributed by atoms with van der Waals surface area (Å²) in [4.78, 5) is 9.14. The molecule has 32 heavy (non-hydrogen) atoms. The molecule has 1 aliphatic heterocycles. The average Bonchev–Trinajstić information content (AvgIpc) is 3.25. The van der Waals surface area contributed by atoms with E-state index in [1.54, 1.807) is 12.4 Å². The minimum Gasteiger partial charge on any atom is -0.367 e. The molecule has 1 fully saturated rings. The van der Waals surface area contributed by atoms with Crippen molar-refractivity contribution >= 4 is 35.6 Å². The zero-order chi connectivity index (χ0) is 22.1. The SMILES string of the molecule is CCNC(=NCc1ccc(N2CCN(CC)CC2)c(F)c1)NCCn1cnnc1CC.I. The maximum Gasteiger partial charge on any atom is 0.191 e. The second-order valence-corrected chi connectivity index (χ2v) is 7.62. The van der Waals surface area contributed by atoms with Gasteiger partial charge in [0.25, 0.3) is 0 Å². The first-order chi connectivity index (χ1) is 15.1. The number of aryl methyl sites for hydroxylation is 1. The quantitative estimate of drug-likeness (QED) is 0.280. The molecule has 1 saturated heterocycles. The van der Waals surface area contributed by atoms with Crippen LogP contribution in [-0.4, -0.2) is 71.4 Å². The Balaban J connectivity index is 0.00000363. The molecule has 2 N–H and O–H groups in total. The lowest BCUT2D eigenvalue weighted by Crippen LogP contribution is -2.46. The van der Waals surface area contributed by atoms with Gasteiger partial charge in [0.2, 0.25) is 0 Å². The van der Waals surface area contributed by atoms with Crippen LogP contribution in [0.2, 0.25) is 0 Å². The summed E-state index contributed by atoms with van der Waals surface area (Å²) in [6.07, 6.45) is 2.60. The van der Waals surface area contributed by atoms with E-state index >= 15 is 0 Å². The Hall–Kier alpha value is -1.95. The van der Waals surface area contributed by atoms with Gasteiger partial charge in [0.15, 0.2) is 5.96 Å². The van der Waals surface area contributed by atoms with Gasteiger partial charge in [-0.2, -0.15) is 0 Å². The number of benzene rings is 1. The van der Waals surface area contributed by atoms with E-state index in [0.29, 0.717) is 24.7 Å². The number of rotatable bonds is 9. The molecule has 2 heterocycles. The predicted octanol–water partition coefficient (Wildman–Crippen LogP) is 2.49. The third-order valence-electron chi connectivity index (χ3n) is 5.59. The lowest BCUT2D eigenvalue weighted by atomic mass is 10.1. The number of aromatic nitrogens is 3. The summed E-state index contributed by atoms with van der Waals surface area (Å²) in [6, 6.07) is 5.47.